The minimum Gasteiger partial charge on any atom is -0.461 e. The van der Waals surface area contributed by atoms with Crippen LogP contribution in [0.25, 0.3) is 0 Å². The van der Waals surface area contributed by atoms with Gasteiger partial charge in [0, 0.05) is 6.54 Å². The first kappa shape index (κ1) is 20.5. The minimum absolute atomic E-state index is 0.0172. The molecule has 0 N–H and O–H groups in total. The number of amides is 1. The molecule has 0 bridgehead atoms. The fourth-order valence-corrected chi connectivity index (χ4v) is 2.83. The third-order valence-corrected chi connectivity index (χ3v) is 3.88. The molecule has 5 heteroatoms. The van der Waals surface area contributed by atoms with Crippen LogP contribution < -0.4 is 0 Å². The second-order valence-corrected chi connectivity index (χ2v) is 7.91. The molecule has 0 radical (unpaired) electrons. The first-order valence-corrected chi connectivity index (χ1v) is 8.95. The van der Waals surface area contributed by atoms with Gasteiger partial charge in [0.15, 0.2) is 0 Å². The van der Waals surface area contributed by atoms with Crippen LogP contribution in [0.4, 0.5) is 4.79 Å². The molecule has 0 aromatic carbocycles. The molecule has 1 atom stereocenters. The van der Waals surface area contributed by atoms with Gasteiger partial charge in [0.1, 0.15) is 17.7 Å². The molecule has 0 saturated heterocycles. The molecule has 1 amide bonds. The number of hydrogen-bond acceptors (Lipinski definition) is 4. The first-order chi connectivity index (χ1) is 11.1. The molecule has 0 aliphatic heterocycles. The number of carbonyl (C=O) groups excluding carboxylic acids is 2. The summed E-state index contributed by atoms with van der Waals surface area (Å²) in [5.41, 5.74) is -0.617. The van der Waals surface area contributed by atoms with Gasteiger partial charge in [-0.2, -0.15) is 0 Å². The predicted octanol–water partition coefficient (Wildman–Crippen LogP) is 4.31. The van der Waals surface area contributed by atoms with E-state index in [1.54, 1.807) is 6.08 Å². The highest BCUT2D eigenvalue weighted by Crippen LogP contribution is 2.24. The standard InChI is InChI=1S/C19H33NO4/c1-7-12-20(18(22)24-19(4,5)6)16(13-14(2)3)17(21)23-15-10-8-9-11-15/h7,14-16H,1,8-13H2,2-6H3/t16-/m1/s1. The average molecular weight is 339 g/mol. The van der Waals surface area contributed by atoms with Crippen LogP contribution in [0, 0.1) is 5.92 Å². The number of rotatable bonds is 7. The summed E-state index contributed by atoms with van der Waals surface area (Å²) in [6, 6.07) is -0.640. The molecule has 5 nitrogen and oxygen atoms in total. The van der Waals surface area contributed by atoms with E-state index in [1.807, 2.05) is 34.6 Å². The third-order valence-electron chi connectivity index (χ3n) is 3.88. The Balaban J connectivity index is 2.91. The van der Waals surface area contributed by atoms with E-state index in [0.29, 0.717) is 6.42 Å². The molecule has 0 spiro atoms. The van der Waals surface area contributed by atoms with Crippen LogP contribution in [0.15, 0.2) is 12.7 Å². The first-order valence-electron chi connectivity index (χ1n) is 8.95. The summed E-state index contributed by atoms with van der Waals surface area (Å²) >= 11 is 0. The Morgan fingerprint density at radius 3 is 2.29 bits per heavy atom. The van der Waals surface area contributed by atoms with Gasteiger partial charge in [0.05, 0.1) is 0 Å². The van der Waals surface area contributed by atoms with Gasteiger partial charge >= 0.3 is 12.1 Å². The maximum Gasteiger partial charge on any atom is 0.411 e. The highest BCUT2D eigenvalue weighted by atomic mass is 16.6. The Morgan fingerprint density at radius 1 is 1.25 bits per heavy atom. The van der Waals surface area contributed by atoms with Crippen LogP contribution in [0.3, 0.4) is 0 Å². The van der Waals surface area contributed by atoms with Crippen molar-refractivity contribution in [3.8, 4) is 0 Å². The van der Waals surface area contributed by atoms with E-state index < -0.39 is 17.7 Å². The Hall–Kier alpha value is -1.52. The van der Waals surface area contributed by atoms with Gasteiger partial charge in [-0.15, -0.1) is 6.58 Å². The molecule has 0 aromatic rings. The van der Waals surface area contributed by atoms with Crippen LogP contribution >= 0.6 is 0 Å². The molecule has 0 heterocycles. The van der Waals surface area contributed by atoms with Crippen LogP contribution in [0.2, 0.25) is 0 Å². The largest absolute Gasteiger partial charge is 0.461 e. The van der Waals surface area contributed by atoms with E-state index in [9.17, 15) is 9.59 Å². The van der Waals surface area contributed by atoms with E-state index in [1.165, 1.54) is 4.90 Å². The zero-order valence-corrected chi connectivity index (χ0v) is 15.8. The van der Waals surface area contributed by atoms with Crippen molar-refractivity contribution < 1.29 is 19.1 Å². The van der Waals surface area contributed by atoms with Crippen molar-refractivity contribution in [2.45, 2.75) is 84.5 Å². The topological polar surface area (TPSA) is 55.8 Å². The van der Waals surface area contributed by atoms with E-state index in [0.717, 1.165) is 25.7 Å². The summed E-state index contributed by atoms with van der Waals surface area (Å²) in [6.07, 6.45) is 5.64. The minimum atomic E-state index is -0.640. The smallest absolute Gasteiger partial charge is 0.411 e. The number of ether oxygens (including phenoxy) is 2. The van der Waals surface area contributed by atoms with Crippen LogP contribution in [0.1, 0.15) is 66.7 Å². The molecular formula is C19H33NO4. The Labute approximate surface area is 146 Å². The lowest BCUT2D eigenvalue weighted by atomic mass is 10.0. The molecule has 138 valence electrons. The molecule has 1 rings (SSSR count). The van der Waals surface area contributed by atoms with Gasteiger partial charge in [0.2, 0.25) is 0 Å². The normalized spacial score (nSPS) is 16.8. The summed E-state index contributed by atoms with van der Waals surface area (Å²) in [5, 5.41) is 0. The number of nitrogens with zero attached hydrogens (tertiary/aromatic N) is 1. The summed E-state index contributed by atoms with van der Waals surface area (Å²) < 4.78 is 11.1. The molecule has 0 aromatic heterocycles. The van der Waals surface area contributed by atoms with Crippen molar-refractivity contribution in [1.29, 1.82) is 0 Å². The maximum atomic E-state index is 12.7. The van der Waals surface area contributed by atoms with Gasteiger partial charge in [-0.1, -0.05) is 19.9 Å². The van der Waals surface area contributed by atoms with Gasteiger partial charge in [-0.25, -0.2) is 9.59 Å². The van der Waals surface area contributed by atoms with Crippen molar-refractivity contribution in [1.82, 2.24) is 4.90 Å². The number of esters is 1. The van der Waals surface area contributed by atoms with Crippen LogP contribution in [-0.2, 0) is 14.3 Å². The van der Waals surface area contributed by atoms with E-state index in [2.05, 4.69) is 6.58 Å². The zero-order valence-electron chi connectivity index (χ0n) is 15.8. The van der Waals surface area contributed by atoms with Crippen molar-refractivity contribution in [3.63, 3.8) is 0 Å². The Kier molecular flexibility index (Phi) is 7.77. The monoisotopic (exact) mass is 339 g/mol. The molecule has 1 saturated carbocycles. The lowest BCUT2D eigenvalue weighted by Crippen LogP contribution is -2.49. The molecule has 1 aliphatic carbocycles. The lowest BCUT2D eigenvalue weighted by molar-refractivity contribution is -0.155. The van der Waals surface area contributed by atoms with Crippen LogP contribution in [-0.4, -0.2) is 41.3 Å². The summed E-state index contributed by atoms with van der Waals surface area (Å²) in [5.74, 6) is -0.0795. The Bertz CT molecular complexity index is 433. The molecule has 1 aliphatic rings. The van der Waals surface area contributed by atoms with Crippen molar-refractivity contribution in [3.05, 3.63) is 12.7 Å². The SMILES string of the molecule is C=CCN(C(=O)OC(C)(C)C)[C@H](CC(C)C)C(=O)OC1CCCC1. The zero-order chi connectivity index (χ0) is 18.3. The third kappa shape index (κ3) is 6.93. The highest BCUT2D eigenvalue weighted by molar-refractivity contribution is 5.81. The summed E-state index contributed by atoms with van der Waals surface area (Å²) in [6.45, 7) is 13.4. The lowest BCUT2D eigenvalue weighted by Gasteiger charge is -2.33. The fourth-order valence-electron chi connectivity index (χ4n) is 2.83. The van der Waals surface area contributed by atoms with Gasteiger partial charge in [-0.3, -0.25) is 4.90 Å². The summed E-state index contributed by atoms with van der Waals surface area (Å²) in [4.78, 5) is 26.7. The van der Waals surface area contributed by atoms with E-state index in [4.69, 9.17) is 9.47 Å². The van der Waals surface area contributed by atoms with Gasteiger partial charge < -0.3 is 9.47 Å². The quantitative estimate of drug-likeness (QED) is 0.512. The molecule has 24 heavy (non-hydrogen) atoms. The second-order valence-electron chi connectivity index (χ2n) is 7.91. The summed E-state index contributed by atoms with van der Waals surface area (Å²) in [7, 11) is 0. The van der Waals surface area contributed by atoms with Gasteiger partial charge in [-0.05, 0) is 58.8 Å². The second kappa shape index (κ2) is 9.09. The van der Waals surface area contributed by atoms with Crippen LogP contribution in [0.5, 0.6) is 0 Å². The van der Waals surface area contributed by atoms with Crippen molar-refractivity contribution >= 4 is 12.1 Å². The molecule has 0 unspecified atom stereocenters. The van der Waals surface area contributed by atoms with Crippen molar-refractivity contribution in [2.24, 2.45) is 5.92 Å². The van der Waals surface area contributed by atoms with E-state index >= 15 is 0 Å². The molecular weight excluding hydrogens is 306 g/mol. The van der Waals surface area contributed by atoms with Crippen molar-refractivity contribution in [2.75, 3.05) is 6.54 Å². The Morgan fingerprint density at radius 2 is 1.83 bits per heavy atom. The predicted molar refractivity (Wildman–Crippen MR) is 94.7 cm³/mol. The fraction of sp³-hybridized carbons (Fsp3) is 0.789. The number of carbonyl (C=O) groups is 2. The maximum absolute atomic E-state index is 12.7. The highest BCUT2D eigenvalue weighted by Gasteiger charge is 2.35. The molecule has 1 fully saturated rings. The number of hydrogen-bond donors (Lipinski definition) is 0. The van der Waals surface area contributed by atoms with E-state index in [-0.39, 0.29) is 24.5 Å². The average Bonchev–Trinajstić information content (AvgIpc) is 2.93. The van der Waals surface area contributed by atoms with Gasteiger partial charge in [0.25, 0.3) is 0 Å².